The number of hydrogen-bond acceptors (Lipinski definition) is 4. The van der Waals surface area contributed by atoms with Crippen LogP contribution in [0.2, 0.25) is 10.0 Å². The van der Waals surface area contributed by atoms with Crippen molar-refractivity contribution in [1.29, 1.82) is 5.26 Å². The summed E-state index contributed by atoms with van der Waals surface area (Å²) in [5.41, 5.74) is 0.317. The predicted molar refractivity (Wildman–Crippen MR) is 105 cm³/mol. The zero-order valence-electron chi connectivity index (χ0n) is 14.4. The van der Waals surface area contributed by atoms with E-state index in [1.165, 1.54) is 30.3 Å². The number of sulfonamides is 1. The summed E-state index contributed by atoms with van der Waals surface area (Å²) in [6, 6.07) is 12.3. The summed E-state index contributed by atoms with van der Waals surface area (Å²) in [5, 5.41) is 12.4. The van der Waals surface area contributed by atoms with Crippen molar-refractivity contribution in [1.82, 2.24) is 4.31 Å². The Kier molecular flexibility index (Phi) is 7.22. The van der Waals surface area contributed by atoms with Crippen molar-refractivity contribution in [2.45, 2.75) is 18.2 Å². The topological polar surface area (TPSA) is 90.3 Å². The van der Waals surface area contributed by atoms with Gasteiger partial charge in [0, 0.05) is 11.6 Å². The maximum atomic E-state index is 13.0. The highest BCUT2D eigenvalue weighted by Crippen LogP contribution is 2.26. The Bertz CT molecular complexity index is 988. The second-order valence-electron chi connectivity index (χ2n) is 5.62. The van der Waals surface area contributed by atoms with Crippen LogP contribution in [0.4, 0.5) is 5.69 Å². The number of nitrogens with one attached hydrogen (secondary N) is 1. The number of nitriles is 1. The van der Waals surface area contributed by atoms with Gasteiger partial charge in [0.2, 0.25) is 15.9 Å². The van der Waals surface area contributed by atoms with Gasteiger partial charge in [-0.2, -0.15) is 9.57 Å². The number of amides is 1. The van der Waals surface area contributed by atoms with Crippen LogP contribution < -0.4 is 5.32 Å². The summed E-state index contributed by atoms with van der Waals surface area (Å²) in [7, 11) is -4.02. The van der Waals surface area contributed by atoms with Gasteiger partial charge in [-0.15, -0.1) is 0 Å². The molecule has 142 valence electrons. The van der Waals surface area contributed by atoms with E-state index in [0.717, 1.165) is 4.31 Å². The standard InChI is InChI=1S/C18H17Cl2N3O3S/c1-2-9-23(27(25,26)17-6-4-3-5-13(17)11-21)12-18(24)22-16-10-14(19)7-8-15(16)20/h3-8,10H,2,9,12H2,1H3,(H,22,24). The van der Waals surface area contributed by atoms with E-state index in [9.17, 15) is 18.5 Å². The number of carbonyl (C=O) groups excluding carboxylic acids is 1. The number of halogens is 2. The van der Waals surface area contributed by atoms with E-state index in [0.29, 0.717) is 17.1 Å². The Morgan fingerprint density at radius 2 is 1.93 bits per heavy atom. The minimum Gasteiger partial charge on any atom is -0.324 e. The summed E-state index contributed by atoms with van der Waals surface area (Å²) in [6.07, 6.45) is 0.499. The van der Waals surface area contributed by atoms with E-state index >= 15 is 0 Å². The number of nitrogens with zero attached hydrogens (tertiary/aromatic N) is 2. The normalized spacial score (nSPS) is 11.2. The minimum atomic E-state index is -4.02. The first kappa shape index (κ1) is 21.2. The maximum absolute atomic E-state index is 13.0. The van der Waals surface area contributed by atoms with Crippen LogP contribution in [0.15, 0.2) is 47.4 Å². The summed E-state index contributed by atoms with van der Waals surface area (Å²) in [5.74, 6) is -0.564. The van der Waals surface area contributed by atoms with Gasteiger partial charge in [0.15, 0.2) is 0 Å². The van der Waals surface area contributed by atoms with Gasteiger partial charge in [0.1, 0.15) is 6.07 Å². The molecule has 0 aliphatic heterocycles. The Labute approximate surface area is 168 Å². The van der Waals surface area contributed by atoms with Crippen molar-refractivity contribution in [3.63, 3.8) is 0 Å². The molecule has 0 saturated carbocycles. The summed E-state index contributed by atoms with van der Waals surface area (Å²) < 4.78 is 27.0. The van der Waals surface area contributed by atoms with Gasteiger partial charge in [-0.1, -0.05) is 42.3 Å². The molecule has 0 atom stereocenters. The lowest BCUT2D eigenvalue weighted by Gasteiger charge is -2.22. The SMILES string of the molecule is CCCN(CC(=O)Nc1cc(Cl)ccc1Cl)S(=O)(=O)c1ccccc1C#N. The van der Waals surface area contributed by atoms with E-state index in [4.69, 9.17) is 23.2 Å². The van der Waals surface area contributed by atoms with E-state index < -0.39 is 22.5 Å². The number of hydrogen-bond donors (Lipinski definition) is 1. The molecule has 2 aromatic carbocycles. The average molecular weight is 426 g/mol. The lowest BCUT2D eigenvalue weighted by atomic mass is 10.2. The fraction of sp³-hybridized carbons (Fsp3) is 0.222. The number of benzene rings is 2. The first-order chi connectivity index (χ1) is 12.8. The maximum Gasteiger partial charge on any atom is 0.244 e. The van der Waals surface area contributed by atoms with Gasteiger partial charge >= 0.3 is 0 Å². The Hall–Kier alpha value is -2.11. The summed E-state index contributed by atoms with van der Waals surface area (Å²) in [4.78, 5) is 12.3. The quantitative estimate of drug-likeness (QED) is 0.727. The van der Waals surface area contributed by atoms with E-state index in [-0.39, 0.29) is 22.0 Å². The monoisotopic (exact) mass is 425 g/mol. The van der Waals surface area contributed by atoms with Gasteiger partial charge < -0.3 is 5.32 Å². The molecule has 0 aromatic heterocycles. The van der Waals surface area contributed by atoms with Crippen molar-refractivity contribution >= 4 is 44.8 Å². The van der Waals surface area contributed by atoms with Crippen molar-refractivity contribution < 1.29 is 13.2 Å². The zero-order chi connectivity index (χ0) is 20.0. The van der Waals surface area contributed by atoms with Crippen LogP contribution in [0.1, 0.15) is 18.9 Å². The molecule has 0 bridgehead atoms. The molecule has 9 heteroatoms. The molecule has 0 fully saturated rings. The number of anilines is 1. The minimum absolute atomic E-state index is 0.0249. The second-order valence-corrected chi connectivity index (χ2v) is 8.37. The van der Waals surface area contributed by atoms with Crippen LogP contribution in [0.5, 0.6) is 0 Å². The van der Waals surface area contributed by atoms with Crippen LogP contribution in [-0.2, 0) is 14.8 Å². The molecular formula is C18H17Cl2N3O3S. The average Bonchev–Trinajstić information content (AvgIpc) is 2.64. The van der Waals surface area contributed by atoms with Crippen LogP contribution in [0.25, 0.3) is 0 Å². The number of rotatable bonds is 7. The molecule has 0 aliphatic rings. The molecule has 2 aromatic rings. The van der Waals surface area contributed by atoms with Gasteiger partial charge in [-0.05, 0) is 36.8 Å². The van der Waals surface area contributed by atoms with Crippen LogP contribution >= 0.6 is 23.2 Å². The molecule has 0 heterocycles. The molecule has 0 radical (unpaired) electrons. The second kappa shape index (κ2) is 9.20. The highest BCUT2D eigenvalue weighted by Gasteiger charge is 2.28. The third-order valence-corrected chi connectivity index (χ3v) is 6.09. The lowest BCUT2D eigenvalue weighted by molar-refractivity contribution is -0.116. The molecule has 2 rings (SSSR count). The highest BCUT2D eigenvalue weighted by molar-refractivity contribution is 7.89. The first-order valence-corrected chi connectivity index (χ1v) is 10.2. The molecule has 0 spiro atoms. The largest absolute Gasteiger partial charge is 0.324 e. The summed E-state index contributed by atoms with van der Waals surface area (Å²) >= 11 is 11.9. The molecule has 1 N–H and O–H groups in total. The van der Waals surface area contributed by atoms with Crippen LogP contribution in [0.3, 0.4) is 0 Å². The third-order valence-electron chi connectivity index (χ3n) is 3.62. The fourth-order valence-electron chi connectivity index (χ4n) is 2.40. The van der Waals surface area contributed by atoms with Gasteiger partial charge in [0.25, 0.3) is 0 Å². The molecule has 6 nitrogen and oxygen atoms in total. The van der Waals surface area contributed by atoms with Gasteiger partial charge in [-0.3, -0.25) is 4.79 Å². The zero-order valence-corrected chi connectivity index (χ0v) is 16.8. The molecule has 0 aliphatic carbocycles. The first-order valence-electron chi connectivity index (χ1n) is 8.03. The number of carbonyl (C=O) groups is 1. The highest BCUT2D eigenvalue weighted by atomic mass is 35.5. The molecular weight excluding hydrogens is 409 g/mol. The van der Waals surface area contributed by atoms with Crippen molar-refractivity contribution in [3.05, 3.63) is 58.1 Å². The van der Waals surface area contributed by atoms with E-state index in [1.54, 1.807) is 19.1 Å². The Morgan fingerprint density at radius 3 is 2.59 bits per heavy atom. The van der Waals surface area contributed by atoms with Crippen LogP contribution in [0, 0.1) is 11.3 Å². The van der Waals surface area contributed by atoms with Crippen LogP contribution in [-0.4, -0.2) is 31.7 Å². The Morgan fingerprint density at radius 1 is 1.22 bits per heavy atom. The molecule has 0 saturated heterocycles. The summed E-state index contributed by atoms with van der Waals surface area (Å²) in [6.45, 7) is 1.50. The lowest BCUT2D eigenvalue weighted by Crippen LogP contribution is -2.38. The van der Waals surface area contributed by atoms with Crippen molar-refractivity contribution in [2.24, 2.45) is 0 Å². The van der Waals surface area contributed by atoms with E-state index in [2.05, 4.69) is 5.32 Å². The van der Waals surface area contributed by atoms with Gasteiger partial charge in [0.05, 0.1) is 27.7 Å². The molecule has 27 heavy (non-hydrogen) atoms. The molecule has 1 amide bonds. The van der Waals surface area contributed by atoms with Crippen molar-refractivity contribution in [2.75, 3.05) is 18.4 Å². The van der Waals surface area contributed by atoms with E-state index in [1.807, 2.05) is 6.07 Å². The van der Waals surface area contributed by atoms with Crippen molar-refractivity contribution in [3.8, 4) is 6.07 Å². The Balaban J connectivity index is 2.28. The smallest absolute Gasteiger partial charge is 0.244 e. The molecule has 0 unspecified atom stereocenters. The third kappa shape index (κ3) is 5.21. The predicted octanol–water partition coefficient (Wildman–Crippen LogP) is 3.90. The fourth-order valence-corrected chi connectivity index (χ4v) is 4.37. The van der Waals surface area contributed by atoms with Gasteiger partial charge in [-0.25, -0.2) is 8.42 Å².